The van der Waals surface area contributed by atoms with Crippen LogP contribution in [0.1, 0.15) is 28.8 Å². The van der Waals surface area contributed by atoms with E-state index in [-0.39, 0.29) is 11.8 Å². The van der Waals surface area contributed by atoms with Crippen LogP contribution in [-0.2, 0) is 10.2 Å². The van der Waals surface area contributed by atoms with Crippen molar-refractivity contribution in [3.63, 3.8) is 0 Å². The number of carbonyl (C=O) groups is 2. The van der Waals surface area contributed by atoms with Crippen molar-refractivity contribution in [2.45, 2.75) is 18.3 Å². The summed E-state index contributed by atoms with van der Waals surface area (Å²) in [7, 11) is 1.83. The van der Waals surface area contributed by atoms with Gasteiger partial charge in [0.1, 0.15) is 0 Å². The first kappa shape index (κ1) is 14.8. The Bertz CT molecular complexity index is 798. The molecule has 0 N–H and O–H groups in total. The molecule has 2 aliphatic heterocycles. The zero-order chi connectivity index (χ0) is 16.7. The van der Waals surface area contributed by atoms with Crippen LogP contribution in [0.5, 0.6) is 0 Å². The lowest BCUT2D eigenvalue weighted by Gasteiger charge is -2.38. The summed E-state index contributed by atoms with van der Waals surface area (Å²) in [6.45, 7) is 1.13. The number of likely N-dealkylation sites (N-methyl/N-ethyl adjacent to an activating group) is 1. The Hall–Kier alpha value is -2.76. The van der Waals surface area contributed by atoms with Crippen molar-refractivity contribution in [3.8, 4) is 0 Å². The maximum atomic E-state index is 12.9. The number of benzene rings is 1. The molecule has 0 aliphatic carbocycles. The van der Waals surface area contributed by atoms with E-state index < -0.39 is 5.41 Å². The highest BCUT2D eigenvalue weighted by atomic mass is 16.2. The van der Waals surface area contributed by atoms with E-state index in [1.807, 2.05) is 31.3 Å². The summed E-state index contributed by atoms with van der Waals surface area (Å²) in [6, 6.07) is 9.64. The van der Waals surface area contributed by atoms with Gasteiger partial charge in [-0.15, -0.1) is 0 Å². The van der Waals surface area contributed by atoms with Crippen molar-refractivity contribution in [3.05, 3.63) is 53.9 Å². The number of anilines is 1. The Morgan fingerprint density at radius 1 is 1.12 bits per heavy atom. The molecule has 0 unspecified atom stereocenters. The topological polar surface area (TPSA) is 66.4 Å². The van der Waals surface area contributed by atoms with Crippen molar-refractivity contribution in [1.29, 1.82) is 0 Å². The quantitative estimate of drug-likeness (QED) is 0.800. The molecule has 3 heterocycles. The molecule has 2 aliphatic rings. The fourth-order valence-electron chi connectivity index (χ4n) is 3.89. The van der Waals surface area contributed by atoms with E-state index in [0.29, 0.717) is 31.5 Å². The van der Waals surface area contributed by atoms with Crippen LogP contribution < -0.4 is 4.90 Å². The molecule has 1 aromatic heterocycles. The van der Waals surface area contributed by atoms with Crippen LogP contribution in [0.3, 0.4) is 0 Å². The van der Waals surface area contributed by atoms with Crippen LogP contribution in [0.15, 0.2) is 42.7 Å². The fraction of sp³-hybridized carbons (Fsp3) is 0.333. The van der Waals surface area contributed by atoms with Crippen LogP contribution in [0, 0.1) is 0 Å². The largest absolute Gasteiger partial charge is 0.339 e. The predicted octanol–water partition coefficient (Wildman–Crippen LogP) is 1.63. The molecule has 0 bridgehead atoms. The van der Waals surface area contributed by atoms with Gasteiger partial charge in [0.05, 0.1) is 23.4 Å². The van der Waals surface area contributed by atoms with Gasteiger partial charge in [0.2, 0.25) is 5.91 Å². The summed E-state index contributed by atoms with van der Waals surface area (Å²) in [5.41, 5.74) is 2.13. The summed E-state index contributed by atoms with van der Waals surface area (Å²) in [4.78, 5) is 29.0. The number of rotatable bonds is 1. The van der Waals surface area contributed by atoms with Gasteiger partial charge in [0.15, 0.2) is 0 Å². The molecule has 1 aromatic carbocycles. The Kier molecular flexibility index (Phi) is 3.33. The second-order valence-corrected chi connectivity index (χ2v) is 6.39. The van der Waals surface area contributed by atoms with Crippen LogP contribution >= 0.6 is 0 Å². The van der Waals surface area contributed by atoms with Crippen molar-refractivity contribution in [2.24, 2.45) is 0 Å². The van der Waals surface area contributed by atoms with E-state index in [2.05, 4.69) is 10.2 Å². The van der Waals surface area contributed by atoms with Gasteiger partial charge in [0, 0.05) is 25.8 Å². The first-order valence-corrected chi connectivity index (χ1v) is 8.07. The SMILES string of the molecule is CN1C(=O)C2(CCN(C(=O)c3ccnnc3)CC2)c2ccccc21. The van der Waals surface area contributed by atoms with Gasteiger partial charge < -0.3 is 9.80 Å². The molecule has 122 valence electrons. The number of amides is 2. The minimum Gasteiger partial charge on any atom is -0.339 e. The smallest absolute Gasteiger partial charge is 0.255 e. The number of hydrogen-bond donors (Lipinski definition) is 0. The van der Waals surface area contributed by atoms with E-state index in [1.165, 1.54) is 12.4 Å². The Morgan fingerprint density at radius 3 is 2.58 bits per heavy atom. The van der Waals surface area contributed by atoms with Gasteiger partial charge in [0.25, 0.3) is 5.91 Å². The molecule has 0 radical (unpaired) electrons. The lowest BCUT2D eigenvalue weighted by Crippen LogP contribution is -2.49. The predicted molar refractivity (Wildman–Crippen MR) is 88.7 cm³/mol. The number of fused-ring (bicyclic) bond motifs is 2. The molecular formula is C18H18N4O2. The van der Waals surface area contributed by atoms with Gasteiger partial charge >= 0.3 is 0 Å². The lowest BCUT2D eigenvalue weighted by atomic mass is 9.73. The molecule has 1 spiro atoms. The maximum Gasteiger partial charge on any atom is 0.255 e. The van der Waals surface area contributed by atoms with E-state index >= 15 is 0 Å². The number of hydrogen-bond acceptors (Lipinski definition) is 4. The molecule has 0 atom stereocenters. The van der Waals surface area contributed by atoms with Gasteiger partial charge in [-0.25, -0.2) is 0 Å². The number of aromatic nitrogens is 2. The number of likely N-dealkylation sites (tertiary alicyclic amines) is 1. The molecule has 24 heavy (non-hydrogen) atoms. The molecule has 6 nitrogen and oxygen atoms in total. The van der Waals surface area contributed by atoms with E-state index in [9.17, 15) is 9.59 Å². The van der Waals surface area contributed by atoms with E-state index in [4.69, 9.17) is 0 Å². The van der Waals surface area contributed by atoms with Crippen LogP contribution in [0.2, 0.25) is 0 Å². The highest BCUT2D eigenvalue weighted by Crippen LogP contribution is 2.47. The van der Waals surface area contributed by atoms with Gasteiger partial charge in [-0.2, -0.15) is 10.2 Å². The molecule has 4 rings (SSSR count). The number of nitrogens with zero attached hydrogens (tertiary/aromatic N) is 4. The van der Waals surface area contributed by atoms with E-state index in [1.54, 1.807) is 15.9 Å². The average molecular weight is 322 g/mol. The zero-order valence-corrected chi connectivity index (χ0v) is 13.5. The van der Waals surface area contributed by atoms with Gasteiger partial charge in [-0.05, 0) is 30.5 Å². The second kappa shape index (κ2) is 5.40. The number of carbonyl (C=O) groups excluding carboxylic acids is 2. The van der Waals surface area contributed by atoms with Gasteiger partial charge in [-0.1, -0.05) is 18.2 Å². The first-order chi connectivity index (χ1) is 11.6. The van der Waals surface area contributed by atoms with Crippen LogP contribution in [0.4, 0.5) is 5.69 Å². The van der Waals surface area contributed by atoms with Crippen LogP contribution in [-0.4, -0.2) is 47.0 Å². The molecular weight excluding hydrogens is 304 g/mol. The molecule has 0 saturated carbocycles. The normalized spacial score (nSPS) is 18.8. The second-order valence-electron chi connectivity index (χ2n) is 6.39. The Morgan fingerprint density at radius 2 is 1.88 bits per heavy atom. The monoisotopic (exact) mass is 322 g/mol. The summed E-state index contributed by atoms with van der Waals surface area (Å²) in [6.07, 6.45) is 4.30. The number of para-hydroxylation sites is 1. The highest BCUT2D eigenvalue weighted by Gasteiger charge is 2.51. The third-order valence-electron chi connectivity index (χ3n) is 5.23. The Balaban J connectivity index is 1.58. The minimum atomic E-state index is -0.487. The Labute approximate surface area is 140 Å². The summed E-state index contributed by atoms with van der Waals surface area (Å²) >= 11 is 0. The summed E-state index contributed by atoms with van der Waals surface area (Å²) in [5, 5.41) is 7.47. The minimum absolute atomic E-state index is 0.0492. The van der Waals surface area contributed by atoms with Gasteiger partial charge in [-0.3, -0.25) is 9.59 Å². The van der Waals surface area contributed by atoms with Crippen molar-refractivity contribution < 1.29 is 9.59 Å². The first-order valence-electron chi connectivity index (χ1n) is 8.07. The summed E-state index contributed by atoms with van der Waals surface area (Å²) < 4.78 is 0. The highest BCUT2D eigenvalue weighted by molar-refractivity contribution is 6.08. The molecule has 2 amide bonds. The summed E-state index contributed by atoms with van der Waals surface area (Å²) in [5.74, 6) is 0.0909. The standard InChI is InChI=1S/C18H18N4O2/c1-21-15-5-3-2-4-14(15)18(17(21)24)7-10-22(11-8-18)16(23)13-6-9-19-20-12-13/h2-6,9,12H,7-8,10-11H2,1H3. The van der Waals surface area contributed by atoms with E-state index in [0.717, 1.165) is 11.3 Å². The zero-order valence-electron chi connectivity index (χ0n) is 13.5. The van der Waals surface area contributed by atoms with Crippen molar-refractivity contribution >= 4 is 17.5 Å². The van der Waals surface area contributed by atoms with Crippen molar-refractivity contribution in [2.75, 3.05) is 25.0 Å². The third kappa shape index (κ3) is 2.02. The van der Waals surface area contributed by atoms with Crippen molar-refractivity contribution in [1.82, 2.24) is 15.1 Å². The average Bonchev–Trinajstić information content (AvgIpc) is 2.85. The van der Waals surface area contributed by atoms with Crippen LogP contribution in [0.25, 0.3) is 0 Å². The molecule has 1 fully saturated rings. The maximum absolute atomic E-state index is 12.9. The molecule has 2 aromatic rings. The third-order valence-corrected chi connectivity index (χ3v) is 5.23. The molecule has 6 heteroatoms. The fourth-order valence-corrected chi connectivity index (χ4v) is 3.89. The lowest BCUT2D eigenvalue weighted by molar-refractivity contribution is -0.124. The number of piperidine rings is 1. The molecule has 1 saturated heterocycles.